The summed E-state index contributed by atoms with van der Waals surface area (Å²) in [6.07, 6.45) is 0.771. The van der Waals surface area contributed by atoms with Crippen molar-refractivity contribution in [3.05, 3.63) is 63.7 Å². The summed E-state index contributed by atoms with van der Waals surface area (Å²) in [4.78, 5) is 10.0. The zero-order valence-corrected chi connectivity index (χ0v) is 14.7. The van der Waals surface area contributed by atoms with Crippen molar-refractivity contribution >= 4 is 21.4 Å². The van der Waals surface area contributed by atoms with E-state index in [1.54, 1.807) is 0 Å². The summed E-state index contributed by atoms with van der Waals surface area (Å²) in [5.41, 5.74) is 2.18. The number of anilines is 1. The summed E-state index contributed by atoms with van der Waals surface area (Å²) < 4.78 is 23.8. The topological polar surface area (TPSA) is 115 Å². The number of hydrogen-bond acceptors (Lipinski definition) is 5. The smallest absolute Gasteiger partial charge is 0.270 e. The Morgan fingerprint density at radius 3 is 2.56 bits per heavy atom. The maximum atomic E-state index is 11.9. The number of benzene rings is 2. The lowest BCUT2D eigenvalue weighted by Crippen LogP contribution is -2.18. The first-order chi connectivity index (χ1) is 11.6. The molecule has 2 aromatic carbocycles. The van der Waals surface area contributed by atoms with E-state index in [0.717, 1.165) is 18.1 Å². The van der Waals surface area contributed by atoms with Gasteiger partial charge in [0.2, 0.25) is 10.0 Å². The van der Waals surface area contributed by atoms with Crippen molar-refractivity contribution in [1.29, 1.82) is 0 Å². The van der Waals surface area contributed by atoms with Crippen LogP contribution in [0.3, 0.4) is 0 Å². The van der Waals surface area contributed by atoms with Crippen LogP contribution < -0.4 is 10.5 Å². The van der Waals surface area contributed by atoms with Gasteiger partial charge < -0.3 is 5.32 Å². The number of rotatable bonds is 4. The molecule has 1 atom stereocenters. The van der Waals surface area contributed by atoms with Crippen molar-refractivity contribution in [2.24, 2.45) is 5.14 Å². The summed E-state index contributed by atoms with van der Waals surface area (Å²) in [5, 5.41) is 19.4. The fourth-order valence-electron chi connectivity index (χ4n) is 3.44. The van der Waals surface area contributed by atoms with Gasteiger partial charge in [0.05, 0.1) is 16.7 Å². The molecule has 0 radical (unpaired) electrons. The van der Waals surface area contributed by atoms with Gasteiger partial charge in [-0.3, -0.25) is 10.1 Å². The van der Waals surface area contributed by atoms with Crippen LogP contribution in [0.4, 0.5) is 11.4 Å². The highest BCUT2D eigenvalue weighted by atomic mass is 32.2. The van der Waals surface area contributed by atoms with Gasteiger partial charge >= 0.3 is 0 Å². The lowest BCUT2D eigenvalue weighted by Gasteiger charge is -2.20. The van der Waals surface area contributed by atoms with Gasteiger partial charge in [0.25, 0.3) is 5.69 Å². The lowest BCUT2D eigenvalue weighted by atomic mass is 9.86. The Morgan fingerprint density at radius 2 is 1.92 bits per heavy atom. The predicted molar refractivity (Wildman–Crippen MR) is 94.9 cm³/mol. The maximum Gasteiger partial charge on any atom is 0.270 e. The molecule has 1 aliphatic rings. The number of non-ortho nitro benzene ring substituents is 1. The molecular weight excluding hydrogens is 342 g/mol. The van der Waals surface area contributed by atoms with E-state index in [0.29, 0.717) is 0 Å². The molecule has 0 amide bonds. The summed E-state index contributed by atoms with van der Waals surface area (Å²) >= 11 is 0. The van der Waals surface area contributed by atoms with Crippen molar-refractivity contribution in [1.82, 2.24) is 0 Å². The Balaban J connectivity index is 2.04. The predicted octanol–water partition coefficient (Wildman–Crippen LogP) is 3.08. The zero-order chi connectivity index (χ0) is 18.4. The summed E-state index contributed by atoms with van der Waals surface area (Å²) in [6.45, 7) is 4.26. The zero-order valence-electron chi connectivity index (χ0n) is 13.9. The number of nitro groups is 1. The Hall–Kier alpha value is -2.45. The molecule has 0 spiro atoms. The van der Waals surface area contributed by atoms with E-state index in [-0.39, 0.29) is 27.7 Å². The average Bonchev–Trinajstić information content (AvgIpc) is 2.78. The van der Waals surface area contributed by atoms with E-state index in [1.165, 1.54) is 17.7 Å². The minimum atomic E-state index is -4.10. The van der Waals surface area contributed by atoms with Crippen molar-refractivity contribution in [3.63, 3.8) is 0 Å². The third kappa shape index (κ3) is 3.22. The molecule has 7 nitrogen and oxygen atoms in total. The van der Waals surface area contributed by atoms with Crippen molar-refractivity contribution < 1.29 is 13.3 Å². The minimum Gasteiger partial charge on any atom is -0.377 e. The summed E-state index contributed by atoms with van der Waals surface area (Å²) in [6, 6.07) is 11.5. The molecule has 25 heavy (non-hydrogen) atoms. The van der Waals surface area contributed by atoms with E-state index in [1.807, 2.05) is 18.2 Å². The second-order valence-electron chi connectivity index (χ2n) is 6.85. The quantitative estimate of drug-likeness (QED) is 0.641. The molecule has 132 valence electrons. The highest BCUT2D eigenvalue weighted by Gasteiger charge is 2.37. The SMILES string of the molecule is CC1(C)CC(Nc2ccc([N+](=O)[O-])cc2S(N)(=O)=O)c2ccccc21. The monoisotopic (exact) mass is 361 g/mol. The summed E-state index contributed by atoms with van der Waals surface area (Å²) in [7, 11) is -4.10. The van der Waals surface area contributed by atoms with E-state index in [4.69, 9.17) is 5.14 Å². The molecule has 1 unspecified atom stereocenters. The largest absolute Gasteiger partial charge is 0.377 e. The van der Waals surface area contributed by atoms with E-state index < -0.39 is 14.9 Å². The van der Waals surface area contributed by atoms with E-state index in [2.05, 4.69) is 25.2 Å². The first-order valence-electron chi connectivity index (χ1n) is 7.77. The number of nitrogens with two attached hydrogens (primary N) is 1. The molecule has 0 aliphatic heterocycles. The minimum absolute atomic E-state index is 0.0587. The van der Waals surface area contributed by atoms with Gasteiger partial charge in [-0.15, -0.1) is 0 Å². The molecule has 0 bridgehead atoms. The second kappa shape index (κ2) is 5.82. The van der Waals surface area contributed by atoms with Crippen LogP contribution in [0.2, 0.25) is 0 Å². The van der Waals surface area contributed by atoms with Crippen LogP contribution in [-0.4, -0.2) is 13.3 Å². The number of primary sulfonamides is 1. The van der Waals surface area contributed by atoms with E-state index in [9.17, 15) is 18.5 Å². The number of fused-ring (bicyclic) bond motifs is 1. The van der Waals surface area contributed by atoms with Gasteiger partial charge in [0.1, 0.15) is 4.90 Å². The van der Waals surface area contributed by atoms with Crippen LogP contribution in [0.5, 0.6) is 0 Å². The number of nitrogens with one attached hydrogen (secondary N) is 1. The number of hydrogen-bond donors (Lipinski definition) is 2. The molecule has 3 N–H and O–H groups in total. The first kappa shape index (κ1) is 17.4. The number of nitrogens with zero attached hydrogens (tertiary/aromatic N) is 1. The maximum absolute atomic E-state index is 11.9. The van der Waals surface area contributed by atoms with E-state index >= 15 is 0 Å². The van der Waals surface area contributed by atoms with Crippen molar-refractivity contribution in [2.75, 3.05) is 5.32 Å². The molecular formula is C17H19N3O4S. The van der Waals surface area contributed by atoms with Crippen LogP contribution in [0, 0.1) is 10.1 Å². The van der Waals surface area contributed by atoms with Gasteiger partial charge in [0.15, 0.2) is 0 Å². The molecule has 0 saturated carbocycles. The van der Waals surface area contributed by atoms with Crippen LogP contribution in [0.1, 0.15) is 37.4 Å². The number of sulfonamides is 1. The lowest BCUT2D eigenvalue weighted by molar-refractivity contribution is -0.385. The van der Waals surface area contributed by atoms with Crippen LogP contribution >= 0.6 is 0 Å². The van der Waals surface area contributed by atoms with Gasteiger partial charge in [-0.25, -0.2) is 13.6 Å². The number of nitro benzene ring substituents is 1. The molecule has 1 aliphatic carbocycles. The van der Waals surface area contributed by atoms with Gasteiger partial charge in [-0.2, -0.15) is 0 Å². The highest BCUT2D eigenvalue weighted by Crippen LogP contribution is 2.46. The molecule has 2 aromatic rings. The van der Waals surface area contributed by atoms with Gasteiger partial charge in [-0.05, 0) is 29.0 Å². The Labute approximate surface area is 146 Å². The van der Waals surface area contributed by atoms with Crippen LogP contribution in [-0.2, 0) is 15.4 Å². The van der Waals surface area contributed by atoms with Gasteiger partial charge in [0, 0.05) is 12.1 Å². The molecule has 3 rings (SSSR count). The average molecular weight is 361 g/mol. The normalized spacial score (nSPS) is 18.6. The Kier molecular flexibility index (Phi) is 4.04. The third-order valence-electron chi connectivity index (χ3n) is 4.59. The fourth-order valence-corrected chi connectivity index (χ4v) is 4.16. The molecule has 0 fully saturated rings. The van der Waals surface area contributed by atoms with Crippen molar-refractivity contribution in [3.8, 4) is 0 Å². The standard InChI is InChI=1S/C17H19N3O4S/c1-17(2)10-15(12-5-3-4-6-13(12)17)19-14-8-7-11(20(21)22)9-16(14)25(18,23)24/h3-9,15,19H,10H2,1-2H3,(H2,18,23,24). The van der Waals surface area contributed by atoms with Crippen LogP contribution in [0.15, 0.2) is 47.4 Å². The Bertz CT molecular complexity index is 954. The molecule has 0 saturated heterocycles. The molecule has 8 heteroatoms. The summed E-state index contributed by atoms with van der Waals surface area (Å²) in [5.74, 6) is 0. The van der Waals surface area contributed by atoms with Crippen LogP contribution in [0.25, 0.3) is 0 Å². The highest BCUT2D eigenvalue weighted by molar-refractivity contribution is 7.89. The first-order valence-corrected chi connectivity index (χ1v) is 9.31. The second-order valence-corrected chi connectivity index (χ2v) is 8.38. The molecule has 0 heterocycles. The van der Waals surface area contributed by atoms with Gasteiger partial charge in [-0.1, -0.05) is 38.1 Å². The molecule has 0 aromatic heterocycles. The van der Waals surface area contributed by atoms with Crippen molar-refractivity contribution in [2.45, 2.75) is 36.6 Å². The fraction of sp³-hybridized carbons (Fsp3) is 0.294. The Morgan fingerprint density at radius 1 is 1.24 bits per heavy atom. The third-order valence-corrected chi connectivity index (χ3v) is 5.54.